The van der Waals surface area contributed by atoms with Gasteiger partial charge in [-0.3, -0.25) is 0 Å². The van der Waals surface area contributed by atoms with Crippen LogP contribution in [0.3, 0.4) is 0 Å². The van der Waals surface area contributed by atoms with E-state index in [1.54, 1.807) is 6.07 Å². The van der Waals surface area contributed by atoms with Gasteiger partial charge in [-0.1, -0.05) is 106 Å². The van der Waals surface area contributed by atoms with Crippen molar-refractivity contribution < 1.29 is 10.2 Å². The minimum absolute atomic E-state index is 0.221. The predicted molar refractivity (Wildman–Crippen MR) is 208 cm³/mol. The van der Waals surface area contributed by atoms with E-state index in [0.717, 1.165) is 69.8 Å². The van der Waals surface area contributed by atoms with Crippen molar-refractivity contribution in [2.24, 2.45) is 0 Å². The molecule has 0 spiro atoms. The molecule has 2 aromatic carbocycles. The Hall–Kier alpha value is -3.52. The van der Waals surface area contributed by atoms with Gasteiger partial charge in [0, 0.05) is 16.3 Å². The normalized spacial score (nSPS) is 13.9. The topological polar surface area (TPSA) is 40.5 Å². The molecule has 0 saturated heterocycles. The van der Waals surface area contributed by atoms with E-state index in [0.29, 0.717) is 17.2 Å². The summed E-state index contributed by atoms with van der Waals surface area (Å²) >= 11 is 0. The van der Waals surface area contributed by atoms with Gasteiger partial charge < -0.3 is 10.2 Å². The van der Waals surface area contributed by atoms with Crippen molar-refractivity contribution in [3.8, 4) is 11.5 Å². The van der Waals surface area contributed by atoms with Crippen molar-refractivity contribution in [2.45, 2.75) is 139 Å². The molecule has 0 saturated carbocycles. The molecule has 0 aliphatic heterocycles. The highest BCUT2D eigenvalue weighted by atomic mass is 16.3. The Morgan fingerprint density at radius 3 is 1.19 bits per heavy atom. The van der Waals surface area contributed by atoms with E-state index in [4.69, 9.17) is 0 Å². The van der Waals surface area contributed by atoms with Crippen molar-refractivity contribution in [1.29, 1.82) is 0 Å². The minimum atomic E-state index is 0.221. The van der Waals surface area contributed by atoms with E-state index >= 15 is 0 Å². The van der Waals surface area contributed by atoms with Crippen molar-refractivity contribution in [3.05, 3.63) is 117 Å². The monoisotopic (exact) mass is 636 g/mol. The Morgan fingerprint density at radius 1 is 0.468 bits per heavy atom. The summed E-state index contributed by atoms with van der Waals surface area (Å²) in [6.07, 6.45) is 30.7. The first-order chi connectivity index (χ1) is 22.5. The molecule has 0 unspecified atom stereocenters. The van der Waals surface area contributed by atoms with Gasteiger partial charge in [0.25, 0.3) is 0 Å². The molecule has 2 heteroatoms. The first-order valence-corrected chi connectivity index (χ1v) is 18.0. The number of fused-ring (bicyclic) bond motifs is 1. The second-order valence-corrected chi connectivity index (χ2v) is 14.0. The van der Waals surface area contributed by atoms with Crippen molar-refractivity contribution >= 4 is 10.8 Å². The van der Waals surface area contributed by atoms with Crippen molar-refractivity contribution in [2.75, 3.05) is 0 Å². The molecule has 2 aromatic rings. The lowest BCUT2D eigenvalue weighted by atomic mass is 10.00. The largest absolute Gasteiger partial charge is 0.507 e. The summed E-state index contributed by atoms with van der Waals surface area (Å²) in [7, 11) is 0. The number of allylic oxidation sites excluding steroid dienone is 14. The fraction of sp³-hybridized carbons (Fsp3) is 0.467. The highest BCUT2D eigenvalue weighted by molar-refractivity contribution is 5.94. The number of rotatable bonds is 20. The van der Waals surface area contributed by atoms with Crippen molar-refractivity contribution in [1.82, 2.24) is 0 Å². The zero-order valence-electron chi connectivity index (χ0n) is 31.0. The van der Waals surface area contributed by atoms with Gasteiger partial charge in [-0.15, -0.1) is 0 Å². The number of hydrogen-bond donors (Lipinski definition) is 2. The van der Waals surface area contributed by atoms with Gasteiger partial charge in [0.05, 0.1) is 0 Å². The van der Waals surface area contributed by atoms with Crippen LogP contribution in [0.1, 0.15) is 138 Å². The second kappa shape index (κ2) is 22.1. The zero-order valence-corrected chi connectivity index (χ0v) is 31.0. The van der Waals surface area contributed by atoms with Gasteiger partial charge in [-0.2, -0.15) is 0 Å². The summed E-state index contributed by atoms with van der Waals surface area (Å²) in [6.45, 7) is 17.8. The van der Waals surface area contributed by atoms with Crippen LogP contribution in [-0.4, -0.2) is 10.2 Å². The summed E-state index contributed by atoms with van der Waals surface area (Å²) in [4.78, 5) is 0. The SMILES string of the molecule is CC(C)=CCC/C(C)=C/CC/C(C)=C/CC/C(C)=C/CC/C(C)=C/CC/C(C)=C/CC/C(C)=C/Cc1cc(O)c2ccccc2c1O. The molecule has 0 aliphatic rings. The molecule has 47 heavy (non-hydrogen) atoms. The molecule has 0 aliphatic carbocycles. The van der Waals surface area contributed by atoms with Gasteiger partial charge in [0.2, 0.25) is 0 Å². The van der Waals surface area contributed by atoms with Crippen LogP contribution >= 0.6 is 0 Å². The van der Waals surface area contributed by atoms with Gasteiger partial charge in [0.15, 0.2) is 0 Å². The quantitative estimate of drug-likeness (QED) is 0.112. The highest BCUT2D eigenvalue weighted by Crippen LogP contribution is 2.35. The lowest BCUT2D eigenvalue weighted by Crippen LogP contribution is -1.88. The number of benzene rings is 2. The third-order valence-electron chi connectivity index (χ3n) is 8.99. The van der Waals surface area contributed by atoms with Crippen LogP contribution in [-0.2, 0) is 6.42 Å². The van der Waals surface area contributed by atoms with Gasteiger partial charge >= 0.3 is 0 Å². The summed E-state index contributed by atoms with van der Waals surface area (Å²) in [6, 6.07) is 9.13. The number of phenolic OH excluding ortho intramolecular Hbond substituents is 2. The van der Waals surface area contributed by atoms with E-state index < -0.39 is 0 Å². The predicted octanol–water partition coefficient (Wildman–Crippen LogP) is 14.1. The van der Waals surface area contributed by atoms with E-state index in [2.05, 4.69) is 97.9 Å². The first-order valence-electron chi connectivity index (χ1n) is 18.0. The van der Waals surface area contributed by atoms with Crippen LogP contribution in [0.25, 0.3) is 10.8 Å². The third kappa shape index (κ3) is 16.7. The van der Waals surface area contributed by atoms with Crippen molar-refractivity contribution in [3.63, 3.8) is 0 Å². The maximum Gasteiger partial charge on any atom is 0.127 e. The molecular weight excluding hydrogens is 572 g/mol. The van der Waals surface area contributed by atoms with E-state index in [1.807, 2.05) is 24.3 Å². The van der Waals surface area contributed by atoms with E-state index in [-0.39, 0.29) is 11.5 Å². The Labute approximate surface area is 288 Å². The smallest absolute Gasteiger partial charge is 0.127 e. The number of phenols is 2. The number of aromatic hydroxyl groups is 2. The minimum Gasteiger partial charge on any atom is -0.507 e. The number of hydrogen-bond acceptors (Lipinski definition) is 2. The second-order valence-electron chi connectivity index (χ2n) is 14.0. The highest BCUT2D eigenvalue weighted by Gasteiger charge is 2.09. The Kier molecular flexibility index (Phi) is 18.7. The van der Waals surface area contributed by atoms with Crippen LogP contribution in [0.2, 0.25) is 0 Å². The van der Waals surface area contributed by atoms with Crippen LogP contribution in [0.5, 0.6) is 11.5 Å². The van der Waals surface area contributed by atoms with Gasteiger partial charge in [0.1, 0.15) is 11.5 Å². The Morgan fingerprint density at radius 2 is 0.809 bits per heavy atom. The molecule has 0 atom stereocenters. The maximum atomic E-state index is 10.7. The summed E-state index contributed by atoms with van der Waals surface area (Å²) < 4.78 is 0. The Balaban J connectivity index is 1.64. The molecule has 0 heterocycles. The fourth-order valence-corrected chi connectivity index (χ4v) is 5.77. The average molecular weight is 637 g/mol. The summed E-state index contributed by atoms with van der Waals surface area (Å²) in [5, 5.41) is 22.4. The molecule has 0 radical (unpaired) electrons. The molecule has 2 nitrogen and oxygen atoms in total. The molecule has 256 valence electrons. The van der Waals surface area contributed by atoms with Gasteiger partial charge in [-0.25, -0.2) is 0 Å². The molecule has 0 aromatic heterocycles. The Bertz CT molecular complexity index is 1480. The standard InChI is InChI=1S/C45H64O2/c1-34(2)17-11-18-35(3)19-12-20-36(4)21-13-22-37(5)23-14-24-38(6)25-15-26-39(7)27-16-28-40(8)31-32-41-33-44(46)42-29-9-10-30-43(42)45(41)47/h9-10,17,19,21,23,25,27,29-31,33,46-47H,11-16,18,20,22,24,26,28,32H2,1-8H3/b35-19+,36-21+,37-23+,38-25+,39-27+,40-31+. The molecule has 0 amide bonds. The lowest BCUT2D eigenvalue weighted by molar-refractivity contribution is 0.465. The van der Waals surface area contributed by atoms with Crippen LogP contribution < -0.4 is 0 Å². The first kappa shape index (κ1) is 39.7. The van der Waals surface area contributed by atoms with Gasteiger partial charge in [-0.05, 0) is 145 Å². The zero-order chi connectivity index (χ0) is 34.6. The summed E-state index contributed by atoms with van der Waals surface area (Å²) in [5.41, 5.74) is 10.9. The van der Waals surface area contributed by atoms with Crippen LogP contribution in [0.4, 0.5) is 0 Å². The molecule has 0 bridgehead atoms. The third-order valence-corrected chi connectivity index (χ3v) is 8.99. The molecular formula is C45H64O2. The maximum absolute atomic E-state index is 10.7. The fourth-order valence-electron chi connectivity index (χ4n) is 5.77. The summed E-state index contributed by atoms with van der Waals surface area (Å²) in [5.74, 6) is 0.486. The van der Waals surface area contributed by atoms with Crippen LogP contribution in [0.15, 0.2) is 112 Å². The average Bonchev–Trinajstić information content (AvgIpc) is 3.02. The molecule has 0 fully saturated rings. The van der Waals surface area contributed by atoms with E-state index in [1.165, 1.54) is 51.9 Å². The lowest BCUT2D eigenvalue weighted by Gasteiger charge is -2.09. The van der Waals surface area contributed by atoms with E-state index in [9.17, 15) is 10.2 Å². The van der Waals surface area contributed by atoms with Crippen LogP contribution in [0, 0.1) is 0 Å². The molecule has 2 rings (SSSR count). The molecule has 2 N–H and O–H groups in total.